The second-order valence-corrected chi connectivity index (χ2v) is 6.98. The summed E-state index contributed by atoms with van der Waals surface area (Å²) in [5.41, 5.74) is 2.70. The monoisotopic (exact) mass is 326 g/mol. The Balaban J connectivity index is 1.45. The van der Waals surface area contributed by atoms with Crippen molar-refractivity contribution in [3.63, 3.8) is 0 Å². The average Bonchev–Trinajstić information content (AvgIpc) is 3.18. The van der Waals surface area contributed by atoms with E-state index in [0.29, 0.717) is 24.4 Å². The molecule has 0 radical (unpaired) electrons. The van der Waals surface area contributed by atoms with Gasteiger partial charge in [0.25, 0.3) is 0 Å². The minimum absolute atomic E-state index is 0.456. The predicted octanol–water partition coefficient (Wildman–Crippen LogP) is 3.72. The Labute approximate surface area is 138 Å². The van der Waals surface area contributed by atoms with Crippen LogP contribution in [0, 0.1) is 6.92 Å². The molecule has 0 bridgehead atoms. The summed E-state index contributed by atoms with van der Waals surface area (Å²) in [5, 5.41) is 12.0. The topological polar surface area (TPSA) is 63.8 Å². The van der Waals surface area contributed by atoms with E-state index in [9.17, 15) is 0 Å². The van der Waals surface area contributed by atoms with Gasteiger partial charge < -0.3 is 9.73 Å². The number of fused-ring (bicyclic) bond motifs is 1. The molecule has 0 amide bonds. The summed E-state index contributed by atoms with van der Waals surface area (Å²) >= 11 is 1.80. The van der Waals surface area contributed by atoms with Crippen LogP contribution in [-0.4, -0.2) is 15.2 Å². The number of rotatable bonds is 4. The van der Waals surface area contributed by atoms with Gasteiger partial charge in [-0.1, -0.05) is 35.4 Å². The second-order valence-electron chi connectivity index (χ2n) is 5.81. The van der Waals surface area contributed by atoms with Gasteiger partial charge in [-0.2, -0.15) is 0 Å². The highest BCUT2D eigenvalue weighted by molar-refractivity contribution is 7.11. The van der Waals surface area contributed by atoms with Crippen LogP contribution in [0.2, 0.25) is 0 Å². The predicted molar refractivity (Wildman–Crippen MR) is 89.7 cm³/mol. The third-order valence-electron chi connectivity index (χ3n) is 4.17. The molecule has 1 atom stereocenters. The van der Waals surface area contributed by atoms with Crippen LogP contribution in [0.3, 0.4) is 0 Å². The van der Waals surface area contributed by atoms with Gasteiger partial charge in [0, 0.05) is 11.8 Å². The van der Waals surface area contributed by atoms with E-state index in [4.69, 9.17) is 9.40 Å². The molecule has 4 rings (SSSR count). The number of anilines is 1. The van der Waals surface area contributed by atoms with Gasteiger partial charge in [-0.05, 0) is 30.7 Å². The van der Waals surface area contributed by atoms with Gasteiger partial charge in [0.1, 0.15) is 5.01 Å². The summed E-state index contributed by atoms with van der Waals surface area (Å²) in [6.45, 7) is 2.42. The molecule has 5 nitrogen and oxygen atoms in total. The smallest absolute Gasteiger partial charge is 0.315 e. The first-order valence-corrected chi connectivity index (χ1v) is 8.66. The van der Waals surface area contributed by atoms with Crippen LogP contribution in [-0.2, 0) is 19.4 Å². The second kappa shape index (κ2) is 6.12. The van der Waals surface area contributed by atoms with E-state index in [1.165, 1.54) is 22.6 Å². The molecule has 1 unspecified atom stereocenters. The molecule has 1 aliphatic carbocycles. The quantitative estimate of drug-likeness (QED) is 0.791. The van der Waals surface area contributed by atoms with Crippen molar-refractivity contribution in [2.45, 2.75) is 38.6 Å². The maximum atomic E-state index is 5.33. The molecule has 0 spiro atoms. The molecule has 0 saturated heterocycles. The molecule has 3 aromatic rings. The number of benzene rings is 1. The van der Waals surface area contributed by atoms with Gasteiger partial charge in [0.15, 0.2) is 0 Å². The summed E-state index contributed by atoms with van der Waals surface area (Å²) in [6, 6.07) is 11.2. The maximum absolute atomic E-state index is 5.33. The van der Waals surface area contributed by atoms with Crippen molar-refractivity contribution in [2.24, 2.45) is 0 Å². The van der Waals surface area contributed by atoms with E-state index >= 15 is 0 Å². The van der Waals surface area contributed by atoms with Crippen LogP contribution >= 0.6 is 11.3 Å². The maximum Gasteiger partial charge on any atom is 0.315 e. The first-order valence-electron chi connectivity index (χ1n) is 7.84. The van der Waals surface area contributed by atoms with Gasteiger partial charge in [-0.3, -0.25) is 0 Å². The lowest BCUT2D eigenvalue weighted by Crippen LogP contribution is -2.11. The standard InChI is InChI=1S/C17H18N4OS/c1-11-20-21-17(22-11)18-10-16-19-14-8-7-13(9-15(14)23-16)12-5-3-2-4-6-12/h2-6,13H,7-10H2,1H3,(H,18,21). The Morgan fingerprint density at radius 2 is 2.13 bits per heavy atom. The average molecular weight is 326 g/mol. The molecule has 2 aromatic heterocycles. The molecular formula is C17H18N4OS. The number of hydrogen-bond donors (Lipinski definition) is 1. The first kappa shape index (κ1) is 14.4. The minimum Gasteiger partial charge on any atom is -0.408 e. The van der Waals surface area contributed by atoms with Gasteiger partial charge in [0.05, 0.1) is 12.2 Å². The zero-order valence-corrected chi connectivity index (χ0v) is 13.8. The van der Waals surface area contributed by atoms with Crippen molar-refractivity contribution in [3.8, 4) is 0 Å². The Hall–Kier alpha value is -2.21. The number of nitrogens with one attached hydrogen (secondary N) is 1. The molecule has 23 heavy (non-hydrogen) atoms. The number of aromatic nitrogens is 3. The van der Waals surface area contributed by atoms with E-state index in [0.717, 1.165) is 17.8 Å². The molecule has 0 saturated carbocycles. The molecule has 0 aliphatic heterocycles. The zero-order chi connectivity index (χ0) is 15.6. The number of nitrogens with zero attached hydrogens (tertiary/aromatic N) is 3. The summed E-state index contributed by atoms with van der Waals surface area (Å²) in [6.07, 6.45) is 3.33. The fourth-order valence-electron chi connectivity index (χ4n) is 3.03. The van der Waals surface area contributed by atoms with Crippen molar-refractivity contribution in [2.75, 3.05) is 5.32 Å². The van der Waals surface area contributed by atoms with Gasteiger partial charge >= 0.3 is 6.01 Å². The van der Waals surface area contributed by atoms with Gasteiger partial charge in [-0.15, -0.1) is 16.4 Å². The van der Waals surface area contributed by atoms with Crippen molar-refractivity contribution >= 4 is 17.4 Å². The van der Waals surface area contributed by atoms with Crippen molar-refractivity contribution in [1.82, 2.24) is 15.2 Å². The molecule has 6 heteroatoms. The molecule has 0 fully saturated rings. The fourth-order valence-corrected chi connectivity index (χ4v) is 4.17. The normalized spacial score (nSPS) is 17.0. The number of hydrogen-bond acceptors (Lipinski definition) is 6. The Kier molecular flexibility index (Phi) is 3.83. The van der Waals surface area contributed by atoms with Crippen LogP contribution in [0.4, 0.5) is 6.01 Å². The van der Waals surface area contributed by atoms with Crippen LogP contribution in [0.1, 0.15) is 39.4 Å². The summed E-state index contributed by atoms with van der Waals surface area (Å²) < 4.78 is 5.33. The third-order valence-corrected chi connectivity index (χ3v) is 5.29. The Morgan fingerprint density at radius 3 is 2.91 bits per heavy atom. The van der Waals surface area contributed by atoms with Crippen molar-refractivity contribution in [3.05, 3.63) is 57.4 Å². The van der Waals surface area contributed by atoms with Crippen molar-refractivity contribution < 1.29 is 4.42 Å². The number of thiazole rings is 1. The SMILES string of the molecule is Cc1nnc(NCc2nc3c(s2)CC(c2ccccc2)CC3)o1. The molecule has 118 valence electrons. The lowest BCUT2D eigenvalue weighted by atomic mass is 9.85. The molecule has 2 heterocycles. The van der Waals surface area contributed by atoms with E-state index in [2.05, 4.69) is 45.8 Å². The third kappa shape index (κ3) is 3.12. The Morgan fingerprint density at radius 1 is 1.26 bits per heavy atom. The lowest BCUT2D eigenvalue weighted by molar-refractivity contribution is 0.530. The highest BCUT2D eigenvalue weighted by Crippen LogP contribution is 2.35. The largest absolute Gasteiger partial charge is 0.408 e. The molecule has 1 aliphatic rings. The highest BCUT2D eigenvalue weighted by atomic mass is 32.1. The van der Waals surface area contributed by atoms with Crippen LogP contribution in [0.25, 0.3) is 0 Å². The first-order chi connectivity index (χ1) is 11.3. The fraction of sp³-hybridized carbons (Fsp3) is 0.353. The van der Waals surface area contributed by atoms with Crippen LogP contribution in [0.5, 0.6) is 0 Å². The minimum atomic E-state index is 0.456. The Bertz CT molecular complexity index is 796. The molecule has 1 N–H and O–H groups in total. The zero-order valence-electron chi connectivity index (χ0n) is 13.0. The summed E-state index contributed by atoms with van der Waals surface area (Å²) in [7, 11) is 0. The molecule has 1 aromatic carbocycles. The number of aryl methyl sites for hydroxylation is 2. The van der Waals surface area contributed by atoms with E-state index in [1.54, 1.807) is 18.3 Å². The van der Waals surface area contributed by atoms with Gasteiger partial charge in [0.2, 0.25) is 5.89 Å². The van der Waals surface area contributed by atoms with Crippen LogP contribution < -0.4 is 5.32 Å². The summed E-state index contributed by atoms with van der Waals surface area (Å²) in [4.78, 5) is 6.19. The van der Waals surface area contributed by atoms with Crippen molar-refractivity contribution in [1.29, 1.82) is 0 Å². The lowest BCUT2D eigenvalue weighted by Gasteiger charge is -2.21. The van der Waals surface area contributed by atoms with Gasteiger partial charge in [-0.25, -0.2) is 4.98 Å². The van der Waals surface area contributed by atoms with E-state index < -0.39 is 0 Å². The summed E-state index contributed by atoms with van der Waals surface area (Å²) in [5.74, 6) is 1.18. The molecular weight excluding hydrogens is 308 g/mol. The van der Waals surface area contributed by atoms with E-state index in [1.807, 2.05) is 0 Å². The van der Waals surface area contributed by atoms with Crippen LogP contribution in [0.15, 0.2) is 34.7 Å². The highest BCUT2D eigenvalue weighted by Gasteiger charge is 2.23. The van der Waals surface area contributed by atoms with E-state index in [-0.39, 0.29) is 0 Å².